The van der Waals surface area contributed by atoms with Crippen LogP contribution in [0.5, 0.6) is 0 Å². The molecule has 4 nitrogen and oxygen atoms in total. The SMILES string of the molecule is CCNC(=NCCc1ccncc1C)NC1CC=CC1.I. The lowest BCUT2D eigenvalue weighted by atomic mass is 10.1. The molecule has 116 valence electrons. The molecular weight excluding hydrogens is 375 g/mol. The van der Waals surface area contributed by atoms with Crippen LogP contribution in [-0.2, 0) is 6.42 Å². The van der Waals surface area contributed by atoms with Crippen molar-refractivity contribution in [2.24, 2.45) is 4.99 Å². The molecule has 0 fully saturated rings. The van der Waals surface area contributed by atoms with Crippen LogP contribution in [0.3, 0.4) is 0 Å². The van der Waals surface area contributed by atoms with E-state index in [2.05, 4.69) is 52.7 Å². The molecule has 0 aromatic carbocycles. The topological polar surface area (TPSA) is 49.3 Å². The highest BCUT2D eigenvalue weighted by molar-refractivity contribution is 14.0. The van der Waals surface area contributed by atoms with Gasteiger partial charge in [0.15, 0.2) is 5.96 Å². The number of rotatable bonds is 5. The summed E-state index contributed by atoms with van der Waals surface area (Å²) in [5.41, 5.74) is 2.56. The number of guanidine groups is 1. The van der Waals surface area contributed by atoms with Gasteiger partial charge in [-0.3, -0.25) is 9.98 Å². The molecule has 1 aromatic heterocycles. The van der Waals surface area contributed by atoms with Crippen molar-refractivity contribution >= 4 is 29.9 Å². The number of nitrogens with zero attached hydrogens (tertiary/aromatic N) is 2. The first kappa shape index (κ1) is 17.9. The minimum absolute atomic E-state index is 0. The average Bonchev–Trinajstić information content (AvgIpc) is 2.94. The zero-order chi connectivity index (χ0) is 14.2. The monoisotopic (exact) mass is 400 g/mol. The van der Waals surface area contributed by atoms with Crippen LogP contribution >= 0.6 is 24.0 Å². The molecule has 0 unspecified atom stereocenters. The summed E-state index contributed by atoms with van der Waals surface area (Å²) in [6.45, 7) is 5.87. The summed E-state index contributed by atoms with van der Waals surface area (Å²) in [4.78, 5) is 8.78. The van der Waals surface area contributed by atoms with Gasteiger partial charge < -0.3 is 10.6 Å². The maximum Gasteiger partial charge on any atom is 0.191 e. The van der Waals surface area contributed by atoms with E-state index in [9.17, 15) is 0 Å². The zero-order valence-corrected chi connectivity index (χ0v) is 15.1. The summed E-state index contributed by atoms with van der Waals surface area (Å²) in [6.07, 6.45) is 11.3. The molecule has 1 aromatic rings. The number of aromatic nitrogens is 1. The van der Waals surface area contributed by atoms with Crippen LogP contribution in [0.25, 0.3) is 0 Å². The second kappa shape index (κ2) is 9.76. The number of nitrogens with one attached hydrogen (secondary N) is 2. The van der Waals surface area contributed by atoms with Crippen molar-refractivity contribution in [3.63, 3.8) is 0 Å². The molecule has 2 rings (SSSR count). The fourth-order valence-electron chi connectivity index (χ4n) is 2.32. The molecule has 0 bridgehead atoms. The number of halogens is 1. The Morgan fingerprint density at radius 3 is 2.81 bits per heavy atom. The standard InChI is InChI=1S/C16H24N4.HI/c1-3-18-16(20-15-6-4-5-7-15)19-11-9-14-8-10-17-12-13(14)2;/h4-5,8,10,12,15H,3,6-7,9,11H2,1-2H3,(H2,18,19,20);1H. The van der Waals surface area contributed by atoms with E-state index in [0.29, 0.717) is 6.04 Å². The van der Waals surface area contributed by atoms with Gasteiger partial charge in [-0.25, -0.2) is 0 Å². The van der Waals surface area contributed by atoms with Crippen LogP contribution in [0.1, 0.15) is 30.9 Å². The molecule has 1 aliphatic rings. The van der Waals surface area contributed by atoms with Gasteiger partial charge in [-0.05, 0) is 50.3 Å². The molecule has 1 heterocycles. The summed E-state index contributed by atoms with van der Waals surface area (Å²) in [5, 5.41) is 6.79. The third kappa shape index (κ3) is 6.03. The molecule has 0 amide bonds. The number of pyridine rings is 1. The van der Waals surface area contributed by atoms with E-state index in [0.717, 1.165) is 38.3 Å². The highest BCUT2D eigenvalue weighted by Crippen LogP contribution is 2.09. The number of aliphatic imine (C=N–C) groups is 1. The molecule has 0 radical (unpaired) electrons. The Bertz CT molecular complexity index is 477. The van der Waals surface area contributed by atoms with Crippen LogP contribution in [-0.4, -0.2) is 30.1 Å². The molecule has 0 aliphatic heterocycles. The van der Waals surface area contributed by atoms with E-state index in [4.69, 9.17) is 0 Å². The highest BCUT2D eigenvalue weighted by atomic mass is 127. The van der Waals surface area contributed by atoms with Gasteiger partial charge in [-0.1, -0.05) is 12.2 Å². The Kier molecular flexibility index (Phi) is 8.34. The highest BCUT2D eigenvalue weighted by Gasteiger charge is 2.11. The van der Waals surface area contributed by atoms with E-state index in [-0.39, 0.29) is 24.0 Å². The molecule has 0 saturated carbocycles. The van der Waals surface area contributed by atoms with E-state index >= 15 is 0 Å². The maximum absolute atomic E-state index is 4.66. The maximum atomic E-state index is 4.66. The van der Waals surface area contributed by atoms with Gasteiger partial charge >= 0.3 is 0 Å². The van der Waals surface area contributed by atoms with Crippen LogP contribution < -0.4 is 10.6 Å². The van der Waals surface area contributed by atoms with Crippen molar-refractivity contribution in [2.45, 2.75) is 39.2 Å². The van der Waals surface area contributed by atoms with Crippen molar-refractivity contribution in [3.05, 3.63) is 41.7 Å². The Hall–Kier alpha value is -1.11. The van der Waals surface area contributed by atoms with E-state index in [1.807, 2.05) is 12.4 Å². The third-order valence-corrected chi connectivity index (χ3v) is 3.48. The van der Waals surface area contributed by atoms with Crippen molar-refractivity contribution in [1.29, 1.82) is 0 Å². The van der Waals surface area contributed by atoms with Gasteiger partial charge in [0.05, 0.1) is 0 Å². The zero-order valence-electron chi connectivity index (χ0n) is 12.8. The van der Waals surface area contributed by atoms with Gasteiger partial charge in [0.25, 0.3) is 0 Å². The molecule has 0 saturated heterocycles. The number of hydrogen-bond donors (Lipinski definition) is 2. The van der Waals surface area contributed by atoms with Crippen LogP contribution in [0.4, 0.5) is 0 Å². The minimum atomic E-state index is 0. The first-order valence-corrected chi connectivity index (χ1v) is 7.39. The third-order valence-electron chi connectivity index (χ3n) is 3.48. The largest absolute Gasteiger partial charge is 0.357 e. The van der Waals surface area contributed by atoms with Crippen LogP contribution in [0, 0.1) is 6.92 Å². The molecule has 1 aliphatic carbocycles. The van der Waals surface area contributed by atoms with Crippen molar-refractivity contribution in [1.82, 2.24) is 15.6 Å². The Labute approximate surface area is 144 Å². The first-order valence-electron chi connectivity index (χ1n) is 7.39. The quantitative estimate of drug-likeness (QED) is 0.346. The number of aryl methyl sites for hydroxylation is 1. The summed E-state index contributed by atoms with van der Waals surface area (Å²) < 4.78 is 0. The summed E-state index contributed by atoms with van der Waals surface area (Å²) in [6, 6.07) is 2.57. The van der Waals surface area contributed by atoms with Gasteiger partial charge in [0.1, 0.15) is 0 Å². The van der Waals surface area contributed by atoms with Crippen molar-refractivity contribution in [3.8, 4) is 0 Å². The van der Waals surface area contributed by atoms with Crippen LogP contribution in [0.2, 0.25) is 0 Å². The van der Waals surface area contributed by atoms with E-state index in [1.54, 1.807) is 0 Å². The van der Waals surface area contributed by atoms with Gasteiger partial charge in [-0.2, -0.15) is 0 Å². The lowest BCUT2D eigenvalue weighted by molar-refractivity contribution is 0.633. The smallest absolute Gasteiger partial charge is 0.191 e. The predicted octanol–water partition coefficient (Wildman–Crippen LogP) is 2.82. The number of hydrogen-bond acceptors (Lipinski definition) is 2. The fraction of sp³-hybridized carbons (Fsp3) is 0.500. The van der Waals surface area contributed by atoms with E-state index < -0.39 is 0 Å². The van der Waals surface area contributed by atoms with E-state index in [1.165, 1.54) is 11.1 Å². The van der Waals surface area contributed by atoms with Crippen molar-refractivity contribution < 1.29 is 0 Å². The molecule has 21 heavy (non-hydrogen) atoms. The van der Waals surface area contributed by atoms with Crippen molar-refractivity contribution in [2.75, 3.05) is 13.1 Å². The lowest BCUT2D eigenvalue weighted by Gasteiger charge is -2.16. The van der Waals surface area contributed by atoms with Crippen LogP contribution in [0.15, 0.2) is 35.6 Å². The summed E-state index contributed by atoms with van der Waals surface area (Å²) >= 11 is 0. The molecular formula is C16H25IN4. The Morgan fingerprint density at radius 2 is 2.14 bits per heavy atom. The second-order valence-corrected chi connectivity index (χ2v) is 5.10. The van der Waals surface area contributed by atoms with Gasteiger partial charge in [-0.15, -0.1) is 24.0 Å². The Morgan fingerprint density at radius 1 is 1.38 bits per heavy atom. The second-order valence-electron chi connectivity index (χ2n) is 5.10. The first-order chi connectivity index (χ1) is 9.79. The summed E-state index contributed by atoms with van der Waals surface area (Å²) in [7, 11) is 0. The fourth-order valence-corrected chi connectivity index (χ4v) is 2.32. The van der Waals surface area contributed by atoms with Gasteiger partial charge in [0.2, 0.25) is 0 Å². The Balaban J connectivity index is 0.00000220. The summed E-state index contributed by atoms with van der Waals surface area (Å²) in [5.74, 6) is 0.924. The normalized spacial score (nSPS) is 14.9. The molecule has 0 spiro atoms. The lowest BCUT2D eigenvalue weighted by Crippen LogP contribution is -2.42. The average molecular weight is 400 g/mol. The molecule has 2 N–H and O–H groups in total. The molecule has 0 atom stereocenters. The molecule has 5 heteroatoms. The van der Waals surface area contributed by atoms with Gasteiger partial charge in [0, 0.05) is 31.5 Å². The minimum Gasteiger partial charge on any atom is -0.357 e. The predicted molar refractivity (Wildman–Crippen MR) is 99.4 cm³/mol.